The summed E-state index contributed by atoms with van der Waals surface area (Å²) in [6.07, 6.45) is 1.65. The SMILES string of the molecule is COC(=O)C1(N(C(=O)C(F)(F)F)c2cccc(Cl)c2)CCC2(CC1)c1cc(CN3CC4(C3)CN(C(=O)OC(C)(C)C)C4)ccc1C[C@@H]2C[C@@H](C)COc1ccnc2c1[C@H](C)CCC2. The lowest BCUT2D eigenvalue weighted by Crippen LogP contribution is -2.72. The maximum absolute atomic E-state index is 14.5. The smallest absolute Gasteiger partial charge is 0.471 e. The second-order valence-electron chi connectivity index (χ2n) is 20.3. The predicted octanol–water partition coefficient (Wildman–Crippen LogP) is 9.82. The van der Waals surface area contributed by atoms with Crippen LogP contribution in [0.2, 0.25) is 5.02 Å². The zero-order valence-electron chi connectivity index (χ0n) is 37.3. The van der Waals surface area contributed by atoms with Gasteiger partial charge in [-0.25, -0.2) is 9.59 Å². The summed E-state index contributed by atoms with van der Waals surface area (Å²) in [6, 6.07) is 14.3. The number of hydrogen-bond acceptors (Lipinski definition) is 8. The van der Waals surface area contributed by atoms with Crippen molar-refractivity contribution in [3.05, 3.63) is 87.7 Å². The number of anilines is 1. The fourth-order valence-electron chi connectivity index (χ4n) is 11.7. The number of benzene rings is 2. The highest BCUT2D eigenvalue weighted by molar-refractivity contribution is 6.31. The summed E-state index contributed by atoms with van der Waals surface area (Å²) in [5.41, 5.74) is 2.81. The first-order chi connectivity index (χ1) is 29.7. The summed E-state index contributed by atoms with van der Waals surface area (Å²) >= 11 is 6.29. The molecule has 3 atom stereocenters. The van der Waals surface area contributed by atoms with Crippen LogP contribution in [-0.4, -0.2) is 90.0 Å². The van der Waals surface area contributed by atoms with Crippen molar-refractivity contribution in [2.24, 2.45) is 17.3 Å². The summed E-state index contributed by atoms with van der Waals surface area (Å²) in [5, 5.41) is 0.140. The minimum Gasteiger partial charge on any atom is -0.493 e. The van der Waals surface area contributed by atoms with E-state index in [0.717, 1.165) is 75.9 Å². The van der Waals surface area contributed by atoms with Gasteiger partial charge in [0.25, 0.3) is 0 Å². The number of halogens is 4. The molecule has 2 aromatic carbocycles. The first kappa shape index (κ1) is 45.2. The fraction of sp³-hybridized carbons (Fsp3) is 0.592. The molecule has 3 heterocycles. The number of amides is 2. The number of likely N-dealkylation sites (tertiary alicyclic amines) is 2. The molecule has 8 rings (SSSR count). The molecule has 63 heavy (non-hydrogen) atoms. The lowest BCUT2D eigenvalue weighted by molar-refractivity contribution is -0.174. The molecule has 3 aliphatic carbocycles. The maximum atomic E-state index is 14.5. The van der Waals surface area contributed by atoms with Gasteiger partial charge in [-0.05, 0) is 143 Å². The number of ether oxygens (including phenoxy) is 3. The third kappa shape index (κ3) is 8.77. The molecule has 2 amide bonds. The van der Waals surface area contributed by atoms with Crippen LogP contribution in [0.15, 0.2) is 54.7 Å². The van der Waals surface area contributed by atoms with E-state index in [9.17, 15) is 27.6 Å². The van der Waals surface area contributed by atoms with E-state index in [0.29, 0.717) is 43.4 Å². The van der Waals surface area contributed by atoms with E-state index in [1.54, 1.807) is 4.90 Å². The molecule has 0 radical (unpaired) electrons. The monoisotopic (exact) mass is 892 g/mol. The number of methoxy groups -OCH3 is 1. The molecule has 2 saturated heterocycles. The number of rotatable bonds is 10. The minimum absolute atomic E-state index is 0.0388. The number of alkyl halides is 3. The minimum atomic E-state index is -5.26. The Labute approximate surface area is 373 Å². The highest BCUT2D eigenvalue weighted by Gasteiger charge is 2.61. The topological polar surface area (TPSA) is 102 Å². The van der Waals surface area contributed by atoms with Crippen molar-refractivity contribution in [1.29, 1.82) is 0 Å². The Morgan fingerprint density at radius 3 is 2.40 bits per heavy atom. The molecular weight excluding hydrogens is 833 g/mol. The number of hydrogen-bond donors (Lipinski definition) is 0. The van der Waals surface area contributed by atoms with Gasteiger partial charge in [-0.2, -0.15) is 13.2 Å². The normalized spacial score (nSPS) is 25.7. The maximum Gasteiger partial charge on any atom is 0.471 e. The van der Waals surface area contributed by atoms with Gasteiger partial charge in [-0.3, -0.25) is 19.6 Å². The number of aryl methyl sites for hydroxylation is 1. The molecular formula is C49H60ClF3N4O6. The molecule has 10 nitrogen and oxygen atoms in total. The van der Waals surface area contributed by atoms with Crippen LogP contribution in [0.5, 0.6) is 5.75 Å². The van der Waals surface area contributed by atoms with Crippen LogP contribution in [0, 0.1) is 17.3 Å². The van der Waals surface area contributed by atoms with Crippen LogP contribution < -0.4 is 9.64 Å². The molecule has 0 N–H and O–H groups in total. The van der Waals surface area contributed by atoms with Crippen LogP contribution in [0.3, 0.4) is 0 Å². The van der Waals surface area contributed by atoms with Gasteiger partial charge in [0.1, 0.15) is 16.9 Å². The first-order valence-electron chi connectivity index (χ1n) is 22.4. The van der Waals surface area contributed by atoms with Gasteiger partial charge in [0.15, 0.2) is 0 Å². The van der Waals surface area contributed by atoms with Crippen LogP contribution in [0.4, 0.5) is 23.7 Å². The number of carbonyl (C=O) groups excluding carboxylic acids is 3. The molecule has 2 spiro atoms. The Morgan fingerprint density at radius 1 is 1.00 bits per heavy atom. The van der Waals surface area contributed by atoms with Crippen molar-refractivity contribution in [3.63, 3.8) is 0 Å². The average molecular weight is 893 g/mol. The molecule has 340 valence electrons. The Hall–Kier alpha value is -4.36. The highest BCUT2D eigenvalue weighted by atomic mass is 35.5. The van der Waals surface area contributed by atoms with E-state index < -0.39 is 34.6 Å². The van der Waals surface area contributed by atoms with E-state index in [1.807, 2.05) is 33.0 Å². The summed E-state index contributed by atoms with van der Waals surface area (Å²) in [5.74, 6) is -1.54. The molecule has 0 unspecified atom stereocenters. The number of aromatic nitrogens is 1. The summed E-state index contributed by atoms with van der Waals surface area (Å²) in [6.45, 7) is 14.3. The summed E-state index contributed by atoms with van der Waals surface area (Å²) in [4.78, 5) is 49.5. The van der Waals surface area contributed by atoms with Crippen molar-refractivity contribution in [2.75, 3.05) is 44.8 Å². The highest BCUT2D eigenvalue weighted by Crippen LogP contribution is 2.58. The lowest BCUT2D eigenvalue weighted by atomic mass is 9.59. The van der Waals surface area contributed by atoms with Crippen molar-refractivity contribution in [3.8, 4) is 5.75 Å². The van der Waals surface area contributed by atoms with Crippen LogP contribution in [-0.2, 0) is 43.9 Å². The van der Waals surface area contributed by atoms with E-state index in [4.69, 9.17) is 25.8 Å². The third-order valence-corrected chi connectivity index (χ3v) is 14.7. The first-order valence-corrected chi connectivity index (χ1v) is 22.8. The number of nitrogens with zero attached hydrogens (tertiary/aromatic N) is 4. The summed E-state index contributed by atoms with van der Waals surface area (Å²) in [7, 11) is 1.16. The van der Waals surface area contributed by atoms with E-state index in [-0.39, 0.29) is 46.9 Å². The molecule has 5 aliphatic rings. The molecule has 1 saturated carbocycles. The number of fused-ring (bicyclic) bond motifs is 3. The van der Waals surface area contributed by atoms with Crippen molar-refractivity contribution >= 4 is 35.3 Å². The van der Waals surface area contributed by atoms with Crippen LogP contribution in [0.25, 0.3) is 0 Å². The van der Waals surface area contributed by atoms with Gasteiger partial charge in [0, 0.05) is 66.3 Å². The quantitative estimate of drug-likeness (QED) is 0.186. The van der Waals surface area contributed by atoms with Crippen molar-refractivity contribution in [2.45, 2.75) is 128 Å². The molecule has 14 heteroatoms. The molecule has 1 aromatic heterocycles. The molecule has 3 aromatic rings. The molecule has 0 bridgehead atoms. The molecule has 3 fully saturated rings. The zero-order chi connectivity index (χ0) is 45.1. The zero-order valence-corrected chi connectivity index (χ0v) is 38.0. The lowest BCUT2D eigenvalue weighted by Gasteiger charge is -2.60. The third-order valence-electron chi connectivity index (χ3n) is 14.4. The van der Waals surface area contributed by atoms with Crippen LogP contribution >= 0.6 is 11.6 Å². The van der Waals surface area contributed by atoms with Gasteiger partial charge < -0.3 is 19.1 Å². The van der Waals surface area contributed by atoms with E-state index in [1.165, 1.54) is 41.0 Å². The second kappa shape index (κ2) is 16.9. The van der Waals surface area contributed by atoms with Crippen molar-refractivity contribution < 1.29 is 41.8 Å². The fourth-order valence-corrected chi connectivity index (χ4v) is 11.9. The van der Waals surface area contributed by atoms with Crippen molar-refractivity contribution in [1.82, 2.24) is 14.8 Å². The Balaban J connectivity index is 1.06. The van der Waals surface area contributed by atoms with E-state index in [2.05, 4.69) is 41.9 Å². The second-order valence-corrected chi connectivity index (χ2v) is 20.7. The van der Waals surface area contributed by atoms with Gasteiger partial charge in [0.2, 0.25) is 0 Å². The largest absolute Gasteiger partial charge is 0.493 e. The Bertz CT molecular complexity index is 2220. The summed E-state index contributed by atoms with van der Waals surface area (Å²) < 4.78 is 61.1. The molecule has 2 aliphatic heterocycles. The predicted molar refractivity (Wildman–Crippen MR) is 234 cm³/mol. The Morgan fingerprint density at radius 2 is 1.73 bits per heavy atom. The number of pyridine rings is 1. The van der Waals surface area contributed by atoms with Gasteiger partial charge in [-0.15, -0.1) is 0 Å². The standard InChI is InChI=1S/C49H60ClF3N4O6/c1-31(26-62-40-15-20-54-39-12-7-9-32(2)41(39)40)21-35-23-34-14-13-33(25-55-27-46(28-55)29-56(30-46)44(60)63-45(3,4)5)22-38(34)47(35)16-18-48(19-17-47,43(59)61-6)57(42(58)49(51,52)53)37-11-8-10-36(50)24-37/h8,10-11,13-15,20,22,24,31-32,35H,7,9,12,16-19,21,23,25-30H2,1-6H3/t31-,32-,35+,47?,48?/m1/s1. The van der Waals surface area contributed by atoms with Gasteiger partial charge >= 0.3 is 24.1 Å². The van der Waals surface area contributed by atoms with Crippen LogP contribution in [0.1, 0.15) is 113 Å². The number of carbonyl (C=O) groups is 3. The number of esters is 1. The average Bonchev–Trinajstić information content (AvgIpc) is 3.47. The van der Waals surface area contributed by atoms with E-state index >= 15 is 0 Å². The van der Waals surface area contributed by atoms with Gasteiger partial charge in [-0.1, -0.05) is 49.7 Å². The van der Waals surface area contributed by atoms with Gasteiger partial charge in [0.05, 0.1) is 13.7 Å². The Kier molecular flexibility index (Phi) is 12.1.